The minimum absolute atomic E-state index is 0.394. The lowest BCUT2D eigenvalue weighted by Gasteiger charge is -1.88. The predicted octanol–water partition coefficient (Wildman–Crippen LogP) is 0.433. The third-order valence-corrected chi connectivity index (χ3v) is 0.727. The molecule has 1 unspecified atom stereocenters. The fourth-order valence-corrected chi connectivity index (χ4v) is 0.372. The standard InChI is InChI=1S/C4H7NO/c1-4-2-6-3-5-4/h3-4H,2H2,1H3. The lowest BCUT2D eigenvalue weighted by atomic mass is 10.4. The molecule has 0 aliphatic carbocycles. The normalized spacial score (nSPS) is 30.5. The van der Waals surface area contributed by atoms with E-state index < -0.39 is 0 Å². The molecule has 0 N–H and O–H groups in total. The molecule has 6 heavy (non-hydrogen) atoms. The number of hydrogen-bond acceptors (Lipinski definition) is 2. The van der Waals surface area contributed by atoms with Crippen molar-refractivity contribution in [2.24, 2.45) is 4.99 Å². The molecule has 1 atom stereocenters. The Hall–Kier alpha value is -0.530. The van der Waals surface area contributed by atoms with Gasteiger partial charge in [-0.05, 0) is 6.92 Å². The molecule has 1 aliphatic rings. The maximum Gasteiger partial charge on any atom is 0.169 e. The van der Waals surface area contributed by atoms with E-state index in [1.165, 1.54) is 6.40 Å². The van der Waals surface area contributed by atoms with Gasteiger partial charge in [-0.15, -0.1) is 0 Å². The Bertz CT molecular complexity index is 69.9. The second-order valence-corrected chi connectivity index (χ2v) is 1.44. The average molecular weight is 85.1 g/mol. The first-order valence-corrected chi connectivity index (χ1v) is 2.03. The van der Waals surface area contributed by atoms with E-state index >= 15 is 0 Å². The van der Waals surface area contributed by atoms with Crippen molar-refractivity contribution in [3.8, 4) is 0 Å². The van der Waals surface area contributed by atoms with Gasteiger partial charge in [-0.3, -0.25) is 4.99 Å². The van der Waals surface area contributed by atoms with Crippen molar-refractivity contribution in [1.82, 2.24) is 0 Å². The molecule has 2 nitrogen and oxygen atoms in total. The monoisotopic (exact) mass is 85.1 g/mol. The highest BCUT2D eigenvalue weighted by Crippen LogP contribution is 1.94. The predicted molar refractivity (Wildman–Crippen MR) is 23.9 cm³/mol. The average Bonchev–Trinajstić information content (AvgIpc) is 1.86. The molecule has 0 amide bonds. The van der Waals surface area contributed by atoms with Crippen LogP contribution in [0.3, 0.4) is 0 Å². The molecule has 0 saturated heterocycles. The Morgan fingerprint density at radius 1 is 2.00 bits per heavy atom. The molecule has 0 aromatic rings. The van der Waals surface area contributed by atoms with Crippen LogP contribution in [0.1, 0.15) is 6.92 Å². The van der Waals surface area contributed by atoms with Crippen LogP contribution in [0, 0.1) is 0 Å². The van der Waals surface area contributed by atoms with Crippen LogP contribution in [0.25, 0.3) is 0 Å². The van der Waals surface area contributed by atoms with Crippen LogP contribution in [0.15, 0.2) is 4.99 Å². The van der Waals surface area contributed by atoms with Crippen LogP contribution in [0.5, 0.6) is 0 Å². The summed E-state index contributed by atoms with van der Waals surface area (Å²) in [6, 6.07) is 0.394. The SMILES string of the molecule is CC1COC=N1. The number of ether oxygens (including phenoxy) is 1. The van der Waals surface area contributed by atoms with Crippen LogP contribution in [0.2, 0.25) is 0 Å². The smallest absolute Gasteiger partial charge is 0.169 e. The van der Waals surface area contributed by atoms with E-state index in [0.717, 1.165) is 6.61 Å². The molecule has 0 aromatic heterocycles. The summed E-state index contributed by atoms with van der Waals surface area (Å²) in [6.45, 7) is 2.78. The summed E-state index contributed by atoms with van der Waals surface area (Å²) >= 11 is 0. The Morgan fingerprint density at radius 3 is 3.00 bits per heavy atom. The quantitative estimate of drug-likeness (QED) is 0.418. The molecule has 0 radical (unpaired) electrons. The Morgan fingerprint density at radius 2 is 2.83 bits per heavy atom. The van der Waals surface area contributed by atoms with Gasteiger partial charge in [-0.2, -0.15) is 0 Å². The molecular formula is C4H7NO. The van der Waals surface area contributed by atoms with Crippen LogP contribution in [-0.4, -0.2) is 19.0 Å². The van der Waals surface area contributed by atoms with Gasteiger partial charge < -0.3 is 4.74 Å². The van der Waals surface area contributed by atoms with Crippen LogP contribution < -0.4 is 0 Å². The van der Waals surface area contributed by atoms with Gasteiger partial charge in [-0.1, -0.05) is 0 Å². The summed E-state index contributed by atoms with van der Waals surface area (Å²) < 4.78 is 4.77. The van der Waals surface area contributed by atoms with Crippen molar-refractivity contribution < 1.29 is 4.74 Å². The molecule has 34 valence electrons. The highest BCUT2D eigenvalue weighted by atomic mass is 16.5. The zero-order valence-electron chi connectivity index (χ0n) is 3.72. The summed E-state index contributed by atoms with van der Waals surface area (Å²) in [7, 11) is 0. The largest absolute Gasteiger partial charge is 0.481 e. The summed E-state index contributed by atoms with van der Waals surface area (Å²) in [5.74, 6) is 0. The molecule has 0 bridgehead atoms. The number of rotatable bonds is 0. The lowest BCUT2D eigenvalue weighted by molar-refractivity contribution is 0.335. The van der Waals surface area contributed by atoms with Crippen molar-refractivity contribution in [3.63, 3.8) is 0 Å². The third kappa shape index (κ3) is 0.506. The van der Waals surface area contributed by atoms with E-state index in [2.05, 4.69) is 4.99 Å². The van der Waals surface area contributed by atoms with Crippen molar-refractivity contribution in [1.29, 1.82) is 0 Å². The summed E-state index contributed by atoms with van der Waals surface area (Å²) in [5.41, 5.74) is 0. The van der Waals surface area contributed by atoms with Crippen molar-refractivity contribution >= 4 is 6.40 Å². The van der Waals surface area contributed by atoms with Gasteiger partial charge >= 0.3 is 0 Å². The first-order chi connectivity index (χ1) is 2.89. The van der Waals surface area contributed by atoms with E-state index in [9.17, 15) is 0 Å². The number of hydrogen-bond donors (Lipinski definition) is 0. The van der Waals surface area contributed by atoms with Gasteiger partial charge in [0.05, 0.1) is 6.04 Å². The molecular weight excluding hydrogens is 78.1 g/mol. The Kier molecular flexibility index (Phi) is 0.783. The molecule has 2 heteroatoms. The van der Waals surface area contributed by atoms with Crippen LogP contribution >= 0.6 is 0 Å². The molecule has 0 saturated carbocycles. The zero-order valence-corrected chi connectivity index (χ0v) is 3.72. The molecule has 1 heterocycles. The van der Waals surface area contributed by atoms with Gasteiger partial charge in [0.15, 0.2) is 6.40 Å². The summed E-state index contributed by atoms with van der Waals surface area (Å²) in [4.78, 5) is 3.89. The fraction of sp³-hybridized carbons (Fsp3) is 0.750. The maximum atomic E-state index is 4.77. The van der Waals surface area contributed by atoms with Crippen molar-refractivity contribution in [3.05, 3.63) is 0 Å². The van der Waals surface area contributed by atoms with Crippen molar-refractivity contribution in [2.45, 2.75) is 13.0 Å². The second-order valence-electron chi connectivity index (χ2n) is 1.44. The molecule has 0 fully saturated rings. The summed E-state index contributed by atoms with van der Waals surface area (Å²) in [5, 5.41) is 0. The first-order valence-electron chi connectivity index (χ1n) is 2.03. The molecule has 1 rings (SSSR count). The Balaban J connectivity index is 2.38. The van der Waals surface area contributed by atoms with Gasteiger partial charge in [0.25, 0.3) is 0 Å². The van der Waals surface area contributed by atoms with Crippen LogP contribution in [0.4, 0.5) is 0 Å². The van der Waals surface area contributed by atoms with E-state index in [4.69, 9.17) is 4.74 Å². The maximum absolute atomic E-state index is 4.77. The minimum Gasteiger partial charge on any atom is -0.481 e. The zero-order chi connectivity index (χ0) is 4.41. The first kappa shape index (κ1) is 3.65. The third-order valence-electron chi connectivity index (χ3n) is 0.727. The Labute approximate surface area is 36.8 Å². The van der Waals surface area contributed by atoms with Gasteiger partial charge in [-0.25, -0.2) is 0 Å². The van der Waals surface area contributed by atoms with Crippen molar-refractivity contribution in [2.75, 3.05) is 6.61 Å². The van der Waals surface area contributed by atoms with Gasteiger partial charge in [0.1, 0.15) is 6.61 Å². The number of nitrogens with zero attached hydrogens (tertiary/aromatic N) is 1. The topological polar surface area (TPSA) is 21.6 Å². The summed E-state index contributed by atoms with van der Waals surface area (Å²) in [6.07, 6.45) is 1.50. The van der Waals surface area contributed by atoms with Crippen LogP contribution in [-0.2, 0) is 4.74 Å². The minimum atomic E-state index is 0.394. The van der Waals surface area contributed by atoms with Gasteiger partial charge in [0.2, 0.25) is 0 Å². The van der Waals surface area contributed by atoms with Gasteiger partial charge in [0, 0.05) is 0 Å². The van der Waals surface area contributed by atoms with E-state index in [0.29, 0.717) is 6.04 Å². The molecule has 1 aliphatic heterocycles. The highest BCUT2D eigenvalue weighted by molar-refractivity contribution is 5.48. The lowest BCUT2D eigenvalue weighted by Crippen LogP contribution is -1.97. The van der Waals surface area contributed by atoms with E-state index in [1.807, 2.05) is 6.92 Å². The number of aliphatic imine (C=N–C) groups is 1. The highest BCUT2D eigenvalue weighted by Gasteiger charge is 2.00. The molecule has 0 aromatic carbocycles. The second kappa shape index (κ2) is 1.29. The van der Waals surface area contributed by atoms with E-state index in [-0.39, 0.29) is 0 Å². The fourth-order valence-electron chi connectivity index (χ4n) is 0.372. The van der Waals surface area contributed by atoms with E-state index in [1.54, 1.807) is 0 Å². The molecule has 0 spiro atoms.